The second kappa shape index (κ2) is 8.58. The Hall–Kier alpha value is -1.49. The number of carbonyl (C=O) groups is 1. The van der Waals surface area contributed by atoms with Crippen LogP contribution in [0.25, 0.3) is 0 Å². The normalized spacial score (nSPS) is 12.7. The van der Waals surface area contributed by atoms with E-state index >= 15 is 0 Å². The molecule has 0 heterocycles. The molecule has 0 bridgehead atoms. The lowest BCUT2D eigenvalue weighted by atomic mass is 9.99. The summed E-state index contributed by atoms with van der Waals surface area (Å²) in [5, 5.41) is 0. The average Bonchev–Trinajstić information content (AvgIpc) is 2.23. The highest BCUT2D eigenvalue weighted by atomic mass is 16.5. The monoisotopic (exact) mass is 248 g/mol. The Morgan fingerprint density at radius 1 is 1.39 bits per heavy atom. The summed E-state index contributed by atoms with van der Waals surface area (Å²) in [6, 6.07) is 0. The molecular weight excluding hydrogens is 224 g/mol. The predicted octanol–water partition coefficient (Wildman–Crippen LogP) is 3.88. The lowest BCUT2D eigenvalue weighted by Gasteiger charge is -2.18. The highest BCUT2D eigenvalue weighted by Gasteiger charge is 2.17. The third-order valence-electron chi connectivity index (χ3n) is 2.34. The third kappa shape index (κ3) is 7.73. The zero-order valence-electron chi connectivity index (χ0n) is 12.2. The van der Waals surface area contributed by atoms with E-state index in [0.29, 0.717) is 0 Å². The first-order valence-corrected chi connectivity index (χ1v) is 6.39. The summed E-state index contributed by atoms with van der Waals surface area (Å²) >= 11 is 0. The van der Waals surface area contributed by atoms with E-state index in [9.17, 15) is 4.79 Å². The summed E-state index contributed by atoms with van der Waals surface area (Å²) in [4.78, 5) is 11.6. The minimum Gasteiger partial charge on any atom is -0.446 e. The van der Waals surface area contributed by atoms with Gasteiger partial charge in [0, 0.05) is 12.0 Å². The number of ether oxygens (including phenoxy) is 1. The Balaban J connectivity index is 4.78. The van der Waals surface area contributed by atoms with E-state index in [1.165, 1.54) is 6.08 Å². The molecule has 2 atom stereocenters. The van der Waals surface area contributed by atoms with E-state index in [-0.39, 0.29) is 18.0 Å². The highest BCUT2D eigenvalue weighted by Crippen LogP contribution is 2.14. The first-order valence-electron chi connectivity index (χ1n) is 6.39. The van der Waals surface area contributed by atoms with Crippen molar-refractivity contribution in [2.45, 2.75) is 53.6 Å². The lowest BCUT2D eigenvalue weighted by Crippen LogP contribution is -2.23. The Morgan fingerprint density at radius 3 is 2.44 bits per heavy atom. The van der Waals surface area contributed by atoms with Crippen LogP contribution in [-0.4, -0.2) is 12.1 Å². The van der Waals surface area contributed by atoms with Crippen LogP contribution in [0.5, 0.6) is 0 Å². The Labute approximate surface area is 111 Å². The number of allylic oxidation sites excluding steroid dienone is 2. The number of esters is 1. The van der Waals surface area contributed by atoms with E-state index in [1.54, 1.807) is 0 Å². The molecule has 0 saturated heterocycles. The molecule has 0 aliphatic heterocycles. The van der Waals surface area contributed by atoms with Crippen molar-refractivity contribution in [3.8, 4) is 11.8 Å². The van der Waals surface area contributed by atoms with Crippen molar-refractivity contribution in [3.63, 3.8) is 0 Å². The highest BCUT2D eigenvalue weighted by molar-refractivity contribution is 5.82. The van der Waals surface area contributed by atoms with Gasteiger partial charge in [0.2, 0.25) is 0 Å². The van der Waals surface area contributed by atoms with E-state index < -0.39 is 0 Å². The molecular formula is C16H24O2. The van der Waals surface area contributed by atoms with Gasteiger partial charge in [-0.2, -0.15) is 0 Å². The number of hydrogen-bond acceptors (Lipinski definition) is 2. The van der Waals surface area contributed by atoms with Crippen LogP contribution in [0.4, 0.5) is 0 Å². The van der Waals surface area contributed by atoms with Crippen molar-refractivity contribution in [2.24, 2.45) is 5.92 Å². The maximum absolute atomic E-state index is 11.6. The van der Waals surface area contributed by atoms with Gasteiger partial charge in [-0.25, -0.2) is 4.79 Å². The van der Waals surface area contributed by atoms with Crippen molar-refractivity contribution in [1.82, 2.24) is 0 Å². The van der Waals surface area contributed by atoms with Gasteiger partial charge in [-0.05, 0) is 32.8 Å². The van der Waals surface area contributed by atoms with Crippen LogP contribution >= 0.6 is 0 Å². The fourth-order valence-electron chi connectivity index (χ4n) is 1.48. The second-order valence-electron chi connectivity index (χ2n) is 4.89. The molecule has 2 heteroatoms. The van der Waals surface area contributed by atoms with Gasteiger partial charge in [0.15, 0.2) is 6.10 Å². The molecule has 0 aliphatic rings. The van der Waals surface area contributed by atoms with Gasteiger partial charge in [0.05, 0.1) is 0 Å². The summed E-state index contributed by atoms with van der Waals surface area (Å²) in [6.07, 6.45) is 3.17. The molecule has 0 aromatic rings. The molecule has 18 heavy (non-hydrogen) atoms. The maximum Gasteiger partial charge on any atom is 0.331 e. The smallest absolute Gasteiger partial charge is 0.331 e. The number of hydrogen-bond donors (Lipinski definition) is 0. The van der Waals surface area contributed by atoms with Gasteiger partial charge in [-0.3, -0.25) is 0 Å². The molecule has 0 aromatic carbocycles. The van der Waals surface area contributed by atoms with Crippen LogP contribution in [0.15, 0.2) is 23.8 Å². The molecule has 0 amide bonds. The first-order chi connectivity index (χ1) is 8.36. The minimum atomic E-state index is -0.357. The summed E-state index contributed by atoms with van der Waals surface area (Å²) in [5.41, 5.74) is 1.71. The molecule has 0 saturated carbocycles. The topological polar surface area (TPSA) is 26.3 Å². The second-order valence-corrected chi connectivity index (χ2v) is 4.89. The van der Waals surface area contributed by atoms with Gasteiger partial charge >= 0.3 is 5.97 Å². The molecule has 0 rings (SSSR count). The standard InChI is InChI=1S/C16H24O2/c1-7-8-14(6)15(10-9-12(2)3)18-16(17)11-13(4)5/h11,14-15H,2,7-8H2,1,3-6H3. The summed E-state index contributed by atoms with van der Waals surface area (Å²) in [7, 11) is 0. The first kappa shape index (κ1) is 16.5. The van der Waals surface area contributed by atoms with Crippen LogP contribution in [0.3, 0.4) is 0 Å². The number of carbonyl (C=O) groups excluding carboxylic acids is 1. The Kier molecular flexibility index (Phi) is 7.87. The Bertz CT molecular complexity index is 376. The van der Waals surface area contributed by atoms with Gasteiger partial charge in [-0.15, -0.1) is 0 Å². The fourth-order valence-corrected chi connectivity index (χ4v) is 1.48. The van der Waals surface area contributed by atoms with Crippen LogP contribution in [-0.2, 0) is 9.53 Å². The molecule has 0 radical (unpaired) electrons. The van der Waals surface area contributed by atoms with E-state index in [1.807, 2.05) is 20.8 Å². The largest absolute Gasteiger partial charge is 0.446 e. The van der Waals surface area contributed by atoms with Crippen molar-refractivity contribution in [3.05, 3.63) is 23.8 Å². The summed E-state index contributed by atoms with van der Waals surface area (Å²) in [5.74, 6) is 5.80. The quantitative estimate of drug-likeness (QED) is 0.419. The molecule has 100 valence electrons. The minimum absolute atomic E-state index is 0.233. The van der Waals surface area contributed by atoms with Crippen molar-refractivity contribution < 1.29 is 9.53 Å². The molecule has 2 nitrogen and oxygen atoms in total. The fraction of sp³-hybridized carbons (Fsp3) is 0.562. The molecule has 2 unspecified atom stereocenters. The van der Waals surface area contributed by atoms with E-state index in [0.717, 1.165) is 24.0 Å². The van der Waals surface area contributed by atoms with E-state index in [4.69, 9.17) is 4.74 Å². The average molecular weight is 248 g/mol. The van der Waals surface area contributed by atoms with E-state index in [2.05, 4.69) is 32.3 Å². The molecule has 0 aliphatic carbocycles. The molecule has 0 spiro atoms. The SMILES string of the molecule is C=C(C)C#CC(OC(=O)C=C(C)C)C(C)CCC. The van der Waals surface area contributed by atoms with Crippen molar-refractivity contribution in [2.75, 3.05) is 0 Å². The van der Waals surface area contributed by atoms with Crippen LogP contribution in [0.1, 0.15) is 47.5 Å². The Morgan fingerprint density at radius 2 is 2.00 bits per heavy atom. The summed E-state index contributed by atoms with van der Waals surface area (Å²) in [6.45, 7) is 13.5. The maximum atomic E-state index is 11.6. The lowest BCUT2D eigenvalue weighted by molar-refractivity contribution is -0.142. The zero-order chi connectivity index (χ0) is 14.1. The van der Waals surface area contributed by atoms with Gasteiger partial charge < -0.3 is 4.74 Å². The molecule has 0 fully saturated rings. The van der Waals surface area contributed by atoms with Crippen molar-refractivity contribution in [1.29, 1.82) is 0 Å². The summed E-state index contributed by atoms with van der Waals surface area (Å²) < 4.78 is 5.40. The van der Waals surface area contributed by atoms with Crippen molar-refractivity contribution >= 4 is 5.97 Å². The number of rotatable bonds is 5. The third-order valence-corrected chi connectivity index (χ3v) is 2.34. The molecule has 0 N–H and O–H groups in total. The molecule has 0 aromatic heterocycles. The zero-order valence-corrected chi connectivity index (χ0v) is 12.2. The van der Waals surface area contributed by atoms with Gasteiger partial charge in [0.1, 0.15) is 0 Å². The van der Waals surface area contributed by atoms with Gasteiger partial charge in [-0.1, -0.05) is 44.3 Å². The van der Waals surface area contributed by atoms with Gasteiger partial charge in [0.25, 0.3) is 0 Å². The van der Waals surface area contributed by atoms with Crippen LogP contribution < -0.4 is 0 Å². The predicted molar refractivity (Wildman–Crippen MR) is 76.0 cm³/mol. The van der Waals surface area contributed by atoms with Crippen LogP contribution in [0, 0.1) is 17.8 Å². The van der Waals surface area contributed by atoms with Crippen LogP contribution in [0.2, 0.25) is 0 Å².